The summed E-state index contributed by atoms with van der Waals surface area (Å²) < 4.78 is 16.4. The van der Waals surface area contributed by atoms with E-state index < -0.39 is 12.1 Å². The van der Waals surface area contributed by atoms with E-state index in [2.05, 4.69) is 81.5 Å². The number of allylic oxidation sites excluding steroid dienone is 11. The normalized spacial score (nSPS) is 12.8. The molecule has 0 amide bonds. The van der Waals surface area contributed by atoms with Gasteiger partial charge in [0.15, 0.2) is 6.10 Å². The van der Waals surface area contributed by atoms with E-state index in [1.807, 2.05) is 6.08 Å². The van der Waals surface area contributed by atoms with Crippen molar-refractivity contribution >= 4 is 17.9 Å². The molecule has 1 unspecified atom stereocenters. The first-order valence-electron chi connectivity index (χ1n) is 19.4. The maximum Gasteiger partial charge on any atom is 0.309 e. The van der Waals surface area contributed by atoms with Gasteiger partial charge in [0.1, 0.15) is 13.2 Å². The average Bonchev–Trinajstić information content (AvgIpc) is 3.10. The molecule has 0 saturated carbocycles. The molecule has 0 aromatic rings. The Morgan fingerprint density at radius 1 is 0.449 bits per heavy atom. The zero-order chi connectivity index (χ0) is 35.9. The molecule has 0 aromatic carbocycles. The van der Waals surface area contributed by atoms with E-state index in [4.69, 9.17) is 14.2 Å². The maximum absolute atomic E-state index is 12.6. The van der Waals surface area contributed by atoms with Gasteiger partial charge in [-0.15, -0.1) is 0 Å². The van der Waals surface area contributed by atoms with Crippen molar-refractivity contribution in [3.8, 4) is 0 Å². The van der Waals surface area contributed by atoms with Crippen LogP contribution in [0.15, 0.2) is 72.9 Å². The van der Waals surface area contributed by atoms with Gasteiger partial charge in [0.2, 0.25) is 0 Å². The summed E-state index contributed by atoms with van der Waals surface area (Å²) in [6.45, 7) is 6.25. The molecule has 0 bridgehead atoms. The van der Waals surface area contributed by atoms with Crippen LogP contribution in [-0.4, -0.2) is 37.2 Å². The second-order valence-corrected chi connectivity index (χ2v) is 12.5. The van der Waals surface area contributed by atoms with Gasteiger partial charge in [-0.1, -0.05) is 151 Å². The fraction of sp³-hybridized carbons (Fsp3) is 0.651. The van der Waals surface area contributed by atoms with Crippen LogP contribution in [0.5, 0.6) is 0 Å². The van der Waals surface area contributed by atoms with E-state index in [9.17, 15) is 14.4 Å². The van der Waals surface area contributed by atoms with Gasteiger partial charge < -0.3 is 14.2 Å². The molecule has 0 saturated heterocycles. The molecule has 0 aromatic heterocycles. The van der Waals surface area contributed by atoms with Crippen LogP contribution >= 0.6 is 0 Å². The molecule has 6 nitrogen and oxygen atoms in total. The van der Waals surface area contributed by atoms with Crippen molar-refractivity contribution in [2.75, 3.05) is 13.2 Å². The minimum atomic E-state index is -0.812. The third-order valence-electron chi connectivity index (χ3n) is 7.71. The Hall–Kier alpha value is -3.15. The van der Waals surface area contributed by atoms with Crippen molar-refractivity contribution < 1.29 is 28.6 Å². The lowest BCUT2D eigenvalue weighted by Gasteiger charge is -2.18. The predicted octanol–water partition coefficient (Wildman–Crippen LogP) is 12.0. The first-order chi connectivity index (χ1) is 24.0. The van der Waals surface area contributed by atoms with Crippen molar-refractivity contribution in [3.05, 3.63) is 72.9 Å². The molecule has 0 aliphatic carbocycles. The molecular formula is C43H70O6. The van der Waals surface area contributed by atoms with Crippen LogP contribution in [0.4, 0.5) is 0 Å². The Kier molecular flexibility index (Phi) is 35.2. The molecule has 0 N–H and O–H groups in total. The second kappa shape index (κ2) is 37.7. The first-order valence-corrected chi connectivity index (χ1v) is 19.4. The number of unbranched alkanes of at least 4 members (excludes halogenated alkanes) is 11. The van der Waals surface area contributed by atoms with E-state index in [1.165, 1.54) is 32.1 Å². The van der Waals surface area contributed by atoms with Gasteiger partial charge in [-0.05, 0) is 64.2 Å². The molecule has 0 radical (unpaired) electrons. The van der Waals surface area contributed by atoms with Crippen LogP contribution in [-0.2, 0) is 28.6 Å². The zero-order valence-electron chi connectivity index (χ0n) is 31.4. The van der Waals surface area contributed by atoms with E-state index in [0.29, 0.717) is 12.8 Å². The molecule has 49 heavy (non-hydrogen) atoms. The number of carbonyl (C=O) groups excluding carboxylic acids is 3. The van der Waals surface area contributed by atoms with Gasteiger partial charge in [-0.2, -0.15) is 0 Å². The van der Waals surface area contributed by atoms with Gasteiger partial charge in [-0.25, -0.2) is 0 Å². The number of hydrogen-bond donors (Lipinski definition) is 0. The molecule has 0 fully saturated rings. The number of esters is 3. The fourth-order valence-corrected chi connectivity index (χ4v) is 4.81. The zero-order valence-corrected chi connectivity index (χ0v) is 31.4. The van der Waals surface area contributed by atoms with Crippen LogP contribution in [0, 0.1) is 0 Å². The SMILES string of the molecule is CC/C=C\C/C=C\C/C=C\C/C=C\C/C=C\CC(=O)OCC(COC(=O)CCCCCCCC)OC(=O)CCCCCCC/C=C\CCC. The fourth-order valence-electron chi connectivity index (χ4n) is 4.81. The van der Waals surface area contributed by atoms with Crippen LogP contribution in [0.2, 0.25) is 0 Å². The van der Waals surface area contributed by atoms with E-state index in [0.717, 1.165) is 89.9 Å². The molecule has 1 atom stereocenters. The summed E-state index contributed by atoms with van der Waals surface area (Å²) in [6.07, 6.45) is 45.0. The minimum absolute atomic E-state index is 0.110. The summed E-state index contributed by atoms with van der Waals surface area (Å²) in [5.41, 5.74) is 0. The molecule has 0 rings (SSSR count). The lowest BCUT2D eigenvalue weighted by molar-refractivity contribution is -0.166. The van der Waals surface area contributed by atoms with E-state index >= 15 is 0 Å². The standard InChI is InChI=1S/C43H70O6/c1-4-7-10-13-16-18-20-21-22-23-24-26-27-30-33-36-42(45)48-39-40(38-47-41(44)35-32-29-15-12-9-6-3)49-43(46)37-34-31-28-25-19-17-14-11-8-5-2/h7,10-11,14,16,18,21-22,24,26,30,33,40H,4-6,8-9,12-13,15,17,19-20,23,25,27-29,31-32,34-39H2,1-3H3/b10-7-,14-11-,18-16-,22-21-,26-24-,33-30-. The topological polar surface area (TPSA) is 78.9 Å². The van der Waals surface area contributed by atoms with Crippen LogP contribution in [0.3, 0.4) is 0 Å². The lowest BCUT2D eigenvalue weighted by atomic mass is 10.1. The summed E-state index contributed by atoms with van der Waals surface area (Å²) in [5.74, 6) is -1.08. The first kappa shape index (κ1) is 45.9. The lowest BCUT2D eigenvalue weighted by Crippen LogP contribution is -2.30. The van der Waals surface area contributed by atoms with Crippen molar-refractivity contribution in [1.82, 2.24) is 0 Å². The van der Waals surface area contributed by atoms with Gasteiger partial charge >= 0.3 is 17.9 Å². The van der Waals surface area contributed by atoms with Crippen molar-refractivity contribution in [3.63, 3.8) is 0 Å². The monoisotopic (exact) mass is 683 g/mol. The van der Waals surface area contributed by atoms with Crippen LogP contribution < -0.4 is 0 Å². The highest BCUT2D eigenvalue weighted by molar-refractivity contribution is 5.72. The van der Waals surface area contributed by atoms with Gasteiger partial charge in [0.25, 0.3) is 0 Å². The number of hydrogen-bond acceptors (Lipinski definition) is 6. The Balaban J connectivity index is 4.49. The Labute approximate surface area is 300 Å². The smallest absolute Gasteiger partial charge is 0.309 e. The highest BCUT2D eigenvalue weighted by Crippen LogP contribution is 2.11. The van der Waals surface area contributed by atoms with Crippen molar-refractivity contribution in [1.29, 1.82) is 0 Å². The summed E-state index contributed by atoms with van der Waals surface area (Å²) in [5, 5.41) is 0. The summed E-state index contributed by atoms with van der Waals surface area (Å²) in [6, 6.07) is 0. The molecular weight excluding hydrogens is 612 g/mol. The Morgan fingerprint density at radius 2 is 0.918 bits per heavy atom. The number of ether oxygens (including phenoxy) is 3. The highest BCUT2D eigenvalue weighted by Gasteiger charge is 2.19. The Morgan fingerprint density at radius 3 is 1.49 bits per heavy atom. The number of rotatable bonds is 33. The summed E-state index contributed by atoms with van der Waals surface area (Å²) in [4.78, 5) is 37.2. The Bertz CT molecular complexity index is 971. The summed E-state index contributed by atoms with van der Waals surface area (Å²) in [7, 11) is 0. The van der Waals surface area contributed by atoms with E-state index in [-0.39, 0.29) is 31.6 Å². The van der Waals surface area contributed by atoms with Crippen LogP contribution in [0.25, 0.3) is 0 Å². The van der Waals surface area contributed by atoms with Crippen molar-refractivity contribution in [2.24, 2.45) is 0 Å². The highest BCUT2D eigenvalue weighted by atomic mass is 16.6. The van der Waals surface area contributed by atoms with Crippen molar-refractivity contribution in [2.45, 2.75) is 168 Å². The second-order valence-electron chi connectivity index (χ2n) is 12.5. The minimum Gasteiger partial charge on any atom is -0.462 e. The predicted molar refractivity (Wildman–Crippen MR) is 205 cm³/mol. The largest absolute Gasteiger partial charge is 0.462 e. The average molecular weight is 683 g/mol. The summed E-state index contributed by atoms with van der Waals surface area (Å²) >= 11 is 0. The molecule has 0 aliphatic heterocycles. The molecule has 0 heterocycles. The number of carbonyl (C=O) groups is 3. The van der Waals surface area contributed by atoms with Gasteiger partial charge in [0.05, 0.1) is 6.42 Å². The third-order valence-corrected chi connectivity index (χ3v) is 7.71. The molecule has 6 heteroatoms. The maximum atomic E-state index is 12.6. The third kappa shape index (κ3) is 36.0. The quantitative estimate of drug-likeness (QED) is 0.0297. The molecule has 278 valence electrons. The molecule has 0 spiro atoms. The molecule has 0 aliphatic rings. The van der Waals surface area contributed by atoms with Gasteiger partial charge in [-0.3, -0.25) is 14.4 Å². The van der Waals surface area contributed by atoms with Gasteiger partial charge in [0, 0.05) is 12.8 Å². The van der Waals surface area contributed by atoms with Crippen LogP contribution in [0.1, 0.15) is 162 Å². The van der Waals surface area contributed by atoms with E-state index in [1.54, 1.807) is 6.08 Å².